The number of amidine groups is 2. The minimum atomic E-state index is 0. The van der Waals surface area contributed by atoms with Crippen molar-refractivity contribution >= 4 is 35.5 Å². The lowest BCUT2D eigenvalue weighted by Gasteiger charge is -2.37. The Morgan fingerprint density at radius 3 is 1.13 bits per heavy atom. The fourth-order valence-corrected chi connectivity index (χ4v) is 6.23. The molecule has 39 heavy (non-hydrogen) atoms. The average Bonchev–Trinajstić information content (AvgIpc) is 3.38. The number of piperazine rings is 1. The molecule has 3 aliphatic rings. The zero-order valence-electron chi connectivity index (χ0n) is 23.4. The van der Waals surface area contributed by atoms with E-state index in [1.165, 1.54) is 88.4 Å². The summed E-state index contributed by atoms with van der Waals surface area (Å²) in [4.78, 5) is 14.6. The van der Waals surface area contributed by atoms with Crippen LogP contribution in [-0.2, 0) is 0 Å². The molecule has 6 nitrogen and oxygen atoms in total. The lowest BCUT2D eigenvalue weighted by Crippen LogP contribution is -2.46. The van der Waals surface area contributed by atoms with E-state index in [9.17, 15) is 0 Å². The van der Waals surface area contributed by atoms with Gasteiger partial charge >= 0.3 is 0 Å². The first-order chi connectivity index (χ1) is 18.7. The van der Waals surface area contributed by atoms with Crippen LogP contribution in [0, 0.1) is 0 Å². The van der Waals surface area contributed by atoms with Gasteiger partial charge in [0.15, 0.2) is 0 Å². The van der Waals surface area contributed by atoms with Crippen LogP contribution in [0.4, 0.5) is 11.4 Å². The first kappa shape index (κ1) is 29.3. The summed E-state index contributed by atoms with van der Waals surface area (Å²) in [5, 5.41) is 0. The molecule has 0 spiro atoms. The van der Waals surface area contributed by atoms with Crippen molar-refractivity contribution in [2.45, 2.75) is 89.1 Å². The van der Waals surface area contributed by atoms with Crippen molar-refractivity contribution in [3.8, 4) is 0 Å². The highest BCUT2D eigenvalue weighted by Gasteiger charge is 2.19. The predicted octanol–water partition coefficient (Wildman–Crippen LogP) is 6.29. The summed E-state index contributed by atoms with van der Waals surface area (Å²) in [5.74, 6) is 1.38. The summed E-state index contributed by atoms with van der Waals surface area (Å²) in [7, 11) is 0. The molecule has 2 aromatic rings. The summed E-state index contributed by atoms with van der Waals surface area (Å²) in [6, 6.07) is 18.1. The molecule has 1 aliphatic heterocycles. The Bertz CT molecular complexity index is 969. The first-order valence-electron chi connectivity index (χ1n) is 15.0. The smallest absolute Gasteiger partial charge is 0.125 e. The fourth-order valence-electron chi connectivity index (χ4n) is 6.23. The lowest BCUT2D eigenvalue weighted by atomic mass is 10.1. The molecule has 0 amide bonds. The van der Waals surface area contributed by atoms with E-state index >= 15 is 0 Å². The van der Waals surface area contributed by atoms with Gasteiger partial charge in [0.1, 0.15) is 11.7 Å². The van der Waals surface area contributed by atoms with Gasteiger partial charge in [0, 0.05) is 48.7 Å². The van der Waals surface area contributed by atoms with Gasteiger partial charge in [-0.3, -0.25) is 9.98 Å². The van der Waals surface area contributed by atoms with Gasteiger partial charge < -0.3 is 21.3 Å². The van der Waals surface area contributed by atoms with Crippen LogP contribution in [0.5, 0.6) is 0 Å². The van der Waals surface area contributed by atoms with Gasteiger partial charge in [-0.15, -0.1) is 12.4 Å². The molecule has 7 heteroatoms. The summed E-state index contributed by atoms with van der Waals surface area (Å²) >= 11 is 0. The van der Waals surface area contributed by atoms with Gasteiger partial charge in [0.2, 0.25) is 0 Å². The standard InChI is InChI=1S/C32H46N6.ClH/c33-31(35-27-9-5-1-2-6-10-27)25-13-17-29(18-14-25)37-21-23-38(24-22-37)30-19-15-26(16-20-30)32(34)36-28-11-7-3-4-8-12-28;/h13-20,27-28H,1-12,21-24H2,(H2,33,35)(H2,34,36);1H. The van der Waals surface area contributed by atoms with E-state index in [1.54, 1.807) is 0 Å². The molecule has 0 unspecified atom stereocenters. The van der Waals surface area contributed by atoms with Gasteiger partial charge in [-0.1, -0.05) is 51.4 Å². The first-order valence-corrected chi connectivity index (χ1v) is 15.0. The normalized spacial score (nSPS) is 20.7. The molecule has 0 atom stereocenters. The number of rotatable bonds is 6. The van der Waals surface area contributed by atoms with Crippen LogP contribution < -0.4 is 21.3 Å². The Hall–Kier alpha value is -2.73. The van der Waals surface area contributed by atoms with Gasteiger partial charge in [-0.05, 0) is 74.2 Å². The molecule has 212 valence electrons. The molecule has 5 rings (SSSR count). The predicted molar refractivity (Wildman–Crippen MR) is 169 cm³/mol. The van der Waals surface area contributed by atoms with Crippen molar-refractivity contribution in [3.63, 3.8) is 0 Å². The molecule has 2 saturated carbocycles. The van der Waals surface area contributed by atoms with Crippen molar-refractivity contribution in [1.82, 2.24) is 0 Å². The molecular weight excluding hydrogens is 504 g/mol. The second-order valence-corrected chi connectivity index (χ2v) is 11.4. The van der Waals surface area contributed by atoms with Crippen molar-refractivity contribution < 1.29 is 0 Å². The second kappa shape index (κ2) is 14.6. The monoisotopic (exact) mass is 550 g/mol. The van der Waals surface area contributed by atoms with E-state index in [-0.39, 0.29) is 12.4 Å². The fraction of sp³-hybridized carbons (Fsp3) is 0.562. The summed E-state index contributed by atoms with van der Waals surface area (Å²) in [6.45, 7) is 3.99. The van der Waals surface area contributed by atoms with E-state index in [1.807, 2.05) is 0 Å². The number of nitrogens with two attached hydrogens (primary N) is 2. The molecule has 2 aliphatic carbocycles. The highest BCUT2D eigenvalue weighted by molar-refractivity contribution is 5.98. The molecule has 1 heterocycles. The van der Waals surface area contributed by atoms with Gasteiger partial charge in [0.25, 0.3) is 0 Å². The topological polar surface area (TPSA) is 83.2 Å². The summed E-state index contributed by atoms with van der Waals surface area (Å²) in [5.41, 5.74) is 17.4. The van der Waals surface area contributed by atoms with Crippen molar-refractivity contribution in [3.05, 3.63) is 59.7 Å². The summed E-state index contributed by atoms with van der Waals surface area (Å²) < 4.78 is 0. The zero-order valence-corrected chi connectivity index (χ0v) is 24.3. The molecule has 0 radical (unpaired) electrons. The number of halogens is 1. The Balaban J connectivity index is 0.00000353. The van der Waals surface area contributed by atoms with Crippen LogP contribution in [-0.4, -0.2) is 49.9 Å². The van der Waals surface area contributed by atoms with Crippen LogP contribution in [0.15, 0.2) is 58.5 Å². The van der Waals surface area contributed by atoms with Crippen molar-refractivity contribution in [2.24, 2.45) is 21.5 Å². The Morgan fingerprint density at radius 1 is 0.513 bits per heavy atom. The number of aliphatic imine (C=N–C) groups is 2. The molecule has 3 fully saturated rings. The molecule has 2 aromatic carbocycles. The Kier molecular flexibility index (Phi) is 11.0. The largest absolute Gasteiger partial charge is 0.383 e. The van der Waals surface area contributed by atoms with Gasteiger partial charge in [0.05, 0.1) is 12.1 Å². The third kappa shape index (κ3) is 8.14. The average molecular weight is 551 g/mol. The number of hydrogen-bond acceptors (Lipinski definition) is 4. The molecule has 4 N–H and O–H groups in total. The van der Waals surface area contributed by atoms with Crippen LogP contribution in [0.1, 0.15) is 88.2 Å². The third-order valence-electron chi connectivity index (χ3n) is 8.63. The van der Waals surface area contributed by atoms with Crippen molar-refractivity contribution in [1.29, 1.82) is 0 Å². The SMILES string of the molecule is Cl.NC(=NC1CCCCCC1)c1ccc(N2CCN(c3ccc(C(N)=NC4CCCCCC4)cc3)CC2)cc1. The lowest BCUT2D eigenvalue weighted by molar-refractivity contribution is 0.585. The maximum absolute atomic E-state index is 6.38. The molecule has 0 aromatic heterocycles. The number of hydrogen-bond donors (Lipinski definition) is 2. The summed E-state index contributed by atoms with van der Waals surface area (Å²) in [6.07, 6.45) is 15.1. The van der Waals surface area contributed by atoms with Crippen LogP contribution >= 0.6 is 12.4 Å². The number of anilines is 2. The zero-order chi connectivity index (χ0) is 26.2. The maximum Gasteiger partial charge on any atom is 0.125 e. The highest BCUT2D eigenvalue weighted by Crippen LogP contribution is 2.24. The quantitative estimate of drug-likeness (QED) is 0.251. The Morgan fingerprint density at radius 2 is 0.821 bits per heavy atom. The minimum Gasteiger partial charge on any atom is -0.383 e. The van der Waals surface area contributed by atoms with E-state index in [0.29, 0.717) is 23.8 Å². The number of benzene rings is 2. The highest BCUT2D eigenvalue weighted by atomic mass is 35.5. The van der Waals surface area contributed by atoms with E-state index in [0.717, 1.165) is 37.3 Å². The Labute approximate surface area is 241 Å². The minimum absolute atomic E-state index is 0. The molecular formula is C32H47ClN6. The van der Waals surface area contributed by atoms with Gasteiger partial charge in [-0.25, -0.2) is 0 Å². The maximum atomic E-state index is 6.38. The van der Waals surface area contributed by atoms with E-state index in [2.05, 4.69) is 58.3 Å². The number of nitrogens with zero attached hydrogens (tertiary/aromatic N) is 4. The van der Waals surface area contributed by atoms with Gasteiger partial charge in [-0.2, -0.15) is 0 Å². The molecule has 1 saturated heterocycles. The second-order valence-electron chi connectivity index (χ2n) is 11.4. The van der Waals surface area contributed by atoms with Crippen LogP contribution in [0.25, 0.3) is 0 Å². The molecule has 0 bridgehead atoms. The van der Waals surface area contributed by atoms with Crippen LogP contribution in [0.3, 0.4) is 0 Å². The van der Waals surface area contributed by atoms with Crippen LogP contribution in [0.2, 0.25) is 0 Å². The van der Waals surface area contributed by atoms with Crippen molar-refractivity contribution in [2.75, 3.05) is 36.0 Å². The third-order valence-corrected chi connectivity index (χ3v) is 8.63. The van der Waals surface area contributed by atoms with E-state index in [4.69, 9.17) is 21.5 Å². The van der Waals surface area contributed by atoms with E-state index < -0.39 is 0 Å².